The van der Waals surface area contributed by atoms with Crippen molar-refractivity contribution in [1.82, 2.24) is 10.2 Å². The van der Waals surface area contributed by atoms with E-state index < -0.39 is 0 Å². The summed E-state index contributed by atoms with van der Waals surface area (Å²) in [5.41, 5.74) is 1.28. The number of hydrogen-bond acceptors (Lipinski definition) is 4. The number of likely N-dealkylation sites (tertiary alicyclic amines) is 1. The minimum absolute atomic E-state index is 0.0309. The van der Waals surface area contributed by atoms with Gasteiger partial charge in [-0.15, -0.1) is 0 Å². The molecule has 1 fully saturated rings. The molecule has 6 heteroatoms. The first-order valence-electron chi connectivity index (χ1n) is 7.83. The van der Waals surface area contributed by atoms with Crippen molar-refractivity contribution >= 4 is 12.0 Å². The van der Waals surface area contributed by atoms with E-state index in [1.165, 1.54) is 0 Å². The molecular weight excluding hydrogens is 294 g/mol. The van der Waals surface area contributed by atoms with Crippen LogP contribution in [-0.4, -0.2) is 42.6 Å². The second-order valence-electron chi connectivity index (χ2n) is 5.43. The maximum atomic E-state index is 12.4. The molecule has 2 amide bonds. The molecule has 1 aliphatic heterocycles. The van der Waals surface area contributed by atoms with E-state index in [1.807, 2.05) is 6.07 Å². The summed E-state index contributed by atoms with van der Waals surface area (Å²) in [6.45, 7) is 3.29. The molecule has 1 aromatic rings. The van der Waals surface area contributed by atoms with Crippen LogP contribution in [-0.2, 0) is 11.2 Å². The predicted molar refractivity (Wildman–Crippen MR) is 84.8 cm³/mol. The Hall–Kier alpha value is -2.55. The van der Waals surface area contributed by atoms with Crippen LogP contribution in [0.1, 0.15) is 35.7 Å². The molecule has 0 unspecified atom stereocenters. The predicted octanol–water partition coefficient (Wildman–Crippen LogP) is 2.10. The topological polar surface area (TPSA) is 82.4 Å². The average Bonchev–Trinajstić information content (AvgIpc) is 2.56. The third-order valence-corrected chi connectivity index (χ3v) is 3.89. The number of rotatable bonds is 4. The van der Waals surface area contributed by atoms with Crippen LogP contribution in [0.2, 0.25) is 0 Å². The molecule has 0 radical (unpaired) electrons. The molecule has 2 rings (SSSR count). The smallest absolute Gasteiger partial charge is 0.409 e. The molecule has 0 atom stereocenters. The Kier molecular flexibility index (Phi) is 5.98. The van der Waals surface area contributed by atoms with Crippen LogP contribution in [0.25, 0.3) is 0 Å². The van der Waals surface area contributed by atoms with E-state index in [2.05, 4.69) is 11.4 Å². The molecule has 0 spiro atoms. The number of piperidine rings is 1. The summed E-state index contributed by atoms with van der Waals surface area (Å²) in [5, 5.41) is 11.8. The number of nitrogens with zero attached hydrogens (tertiary/aromatic N) is 2. The summed E-state index contributed by atoms with van der Waals surface area (Å²) in [6.07, 6.45) is 1.32. The van der Waals surface area contributed by atoms with E-state index in [9.17, 15) is 9.59 Å². The van der Waals surface area contributed by atoms with Crippen LogP contribution in [0.4, 0.5) is 4.79 Å². The summed E-state index contributed by atoms with van der Waals surface area (Å²) in [7, 11) is 0. The summed E-state index contributed by atoms with van der Waals surface area (Å²) in [5.74, 6) is -0.162. The minimum atomic E-state index is -0.295. The van der Waals surface area contributed by atoms with Gasteiger partial charge in [0.1, 0.15) is 0 Å². The van der Waals surface area contributed by atoms with E-state index in [4.69, 9.17) is 10.00 Å². The Morgan fingerprint density at radius 2 is 2.04 bits per heavy atom. The van der Waals surface area contributed by atoms with Crippen molar-refractivity contribution in [3.05, 3.63) is 35.4 Å². The van der Waals surface area contributed by atoms with Crippen molar-refractivity contribution in [2.75, 3.05) is 19.7 Å². The summed E-state index contributed by atoms with van der Waals surface area (Å²) in [6, 6.07) is 9.24. The highest BCUT2D eigenvalue weighted by atomic mass is 16.6. The summed E-state index contributed by atoms with van der Waals surface area (Å²) >= 11 is 0. The monoisotopic (exact) mass is 315 g/mol. The van der Waals surface area contributed by atoms with Gasteiger partial charge >= 0.3 is 6.09 Å². The van der Waals surface area contributed by atoms with Gasteiger partial charge in [-0.25, -0.2) is 4.79 Å². The number of carbonyl (C=O) groups is 2. The van der Waals surface area contributed by atoms with Crippen molar-refractivity contribution in [3.63, 3.8) is 0 Å². The van der Waals surface area contributed by atoms with Crippen molar-refractivity contribution in [2.24, 2.45) is 0 Å². The first-order chi connectivity index (χ1) is 11.2. The fraction of sp³-hybridized carbons (Fsp3) is 0.471. The highest BCUT2D eigenvalue weighted by molar-refractivity contribution is 5.96. The van der Waals surface area contributed by atoms with Crippen LogP contribution in [0.3, 0.4) is 0 Å². The molecule has 1 aromatic carbocycles. The van der Waals surface area contributed by atoms with Crippen molar-refractivity contribution < 1.29 is 14.3 Å². The zero-order chi connectivity index (χ0) is 16.7. The van der Waals surface area contributed by atoms with Gasteiger partial charge in [0.05, 0.1) is 19.1 Å². The molecule has 1 heterocycles. The first-order valence-corrected chi connectivity index (χ1v) is 7.83. The molecule has 23 heavy (non-hydrogen) atoms. The van der Waals surface area contributed by atoms with Crippen LogP contribution >= 0.6 is 0 Å². The van der Waals surface area contributed by atoms with Crippen molar-refractivity contribution in [2.45, 2.75) is 32.2 Å². The second kappa shape index (κ2) is 8.18. The average molecular weight is 315 g/mol. The molecular formula is C17H21N3O3. The van der Waals surface area contributed by atoms with E-state index in [1.54, 1.807) is 30.0 Å². The van der Waals surface area contributed by atoms with Gasteiger partial charge in [0.2, 0.25) is 0 Å². The molecule has 6 nitrogen and oxygen atoms in total. The fourth-order valence-electron chi connectivity index (χ4n) is 2.67. The van der Waals surface area contributed by atoms with Gasteiger partial charge < -0.3 is 15.0 Å². The number of carbonyl (C=O) groups excluding carboxylic acids is 2. The first kappa shape index (κ1) is 16.8. The largest absolute Gasteiger partial charge is 0.450 e. The highest BCUT2D eigenvalue weighted by Crippen LogP contribution is 2.14. The van der Waals surface area contributed by atoms with Gasteiger partial charge in [0, 0.05) is 24.7 Å². The molecule has 1 N–H and O–H groups in total. The molecule has 0 aromatic heterocycles. The van der Waals surface area contributed by atoms with Crippen LogP contribution in [0.5, 0.6) is 0 Å². The van der Waals surface area contributed by atoms with Gasteiger partial charge in [-0.3, -0.25) is 4.79 Å². The molecule has 0 saturated carbocycles. The molecule has 0 bridgehead atoms. The van der Waals surface area contributed by atoms with Gasteiger partial charge in [0.25, 0.3) is 5.91 Å². The maximum absolute atomic E-state index is 12.4. The van der Waals surface area contributed by atoms with E-state index >= 15 is 0 Å². The lowest BCUT2D eigenvalue weighted by atomic mass is 10.0. The standard InChI is InChI=1S/C17H21N3O3/c1-2-23-17(22)20-11-8-14(9-12-20)19-16(21)15-6-4-3-5-13(15)7-10-18/h3-6,14H,2,7-9,11-12H2,1H3,(H,19,21). The van der Waals surface area contributed by atoms with Gasteiger partial charge in [-0.1, -0.05) is 18.2 Å². The fourth-order valence-corrected chi connectivity index (χ4v) is 2.67. The molecule has 122 valence electrons. The van der Waals surface area contributed by atoms with Gasteiger partial charge in [0.15, 0.2) is 0 Å². The van der Waals surface area contributed by atoms with Crippen LogP contribution < -0.4 is 5.32 Å². The van der Waals surface area contributed by atoms with Crippen LogP contribution in [0.15, 0.2) is 24.3 Å². The number of hydrogen-bond donors (Lipinski definition) is 1. The number of nitrogens with one attached hydrogen (secondary N) is 1. The van der Waals surface area contributed by atoms with Gasteiger partial charge in [-0.2, -0.15) is 5.26 Å². The van der Waals surface area contributed by atoms with Crippen molar-refractivity contribution in [3.8, 4) is 6.07 Å². The van der Waals surface area contributed by atoms with Crippen LogP contribution in [0, 0.1) is 11.3 Å². The Morgan fingerprint density at radius 3 is 2.70 bits per heavy atom. The SMILES string of the molecule is CCOC(=O)N1CCC(NC(=O)c2ccccc2CC#N)CC1. The second-order valence-corrected chi connectivity index (χ2v) is 5.43. The lowest BCUT2D eigenvalue weighted by Gasteiger charge is -2.31. The summed E-state index contributed by atoms with van der Waals surface area (Å²) in [4.78, 5) is 25.7. The van der Waals surface area contributed by atoms with Crippen molar-refractivity contribution in [1.29, 1.82) is 5.26 Å². The molecule has 1 aliphatic rings. The van der Waals surface area contributed by atoms with E-state index in [0.717, 1.165) is 5.56 Å². The quantitative estimate of drug-likeness (QED) is 0.922. The van der Waals surface area contributed by atoms with Gasteiger partial charge in [-0.05, 0) is 31.4 Å². The lowest BCUT2D eigenvalue weighted by molar-refractivity contribution is 0.0859. The Bertz CT molecular complexity index is 601. The Morgan fingerprint density at radius 1 is 1.35 bits per heavy atom. The zero-order valence-corrected chi connectivity index (χ0v) is 13.2. The number of amides is 2. The zero-order valence-electron chi connectivity index (χ0n) is 13.2. The number of ether oxygens (including phenoxy) is 1. The van der Waals surface area contributed by atoms with E-state index in [0.29, 0.717) is 38.1 Å². The normalized spacial score (nSPS) is 14.9. The molecule has 0 aliphatic carbocycles. The Balaban J connectivity index is 1.91. The maximum Gasteiger partial charge on any atom is 0.409 e. The minimum Gasteiger partial charge on any atom is -0.450 e. The third-order valence-electron chi connectivity index (χ3n) is 3.89. The number of benzene rings is 1. The summed E-state index contributed by atoms with van der Waals surface area (Å²) < 4.78 is 4.98. The highest BCUT2D eigenvalue weighted by Gasteiger charge is 2.25. The molecule has 1 saturated heterocycles. The van der Waals surface area contributed by atoms with E-state index in [-0.39, 0.29) is 24.5 Å². The Labute approximate surface area is 136 Å². The third kappa shape index (κ3) is 4.46. The number of nitriles is 1. The lowest BCUT2D eigenvalue weighted by Crippen LogP contribution is -2.46.